The lowest BCUT2D eigenvalue weighted by Crippen LogP contribution is -2.37. The highest BCUT2D eigenvalue weighted by molar-refractivity contribution is 7.11. The van der Waals surface area contributed by atoms with Crippen LogP contribution in [0.1, 0.15) is 55.4 Å². The van der Waals surface area contributed by atoms with Gasteiger partial charge in [0.05, 0.1) is 17.8 Å². The molecular formula is C16H24N2O2S. The number of carbonyl (C=O) groups excluding carboxylic acids is 1. The first-order chi connectivity index (χ1) is 9.91. The van der Waals surface area contributed by atoms with Gasteiger partial charge in [-0.1, -0.05) is 20.8 Å². The zero-order valence-electron chi connectivity index (χ0n) is 13.1. The quantitative estimate of drug-likeness (QED) is 0.800. The Morgan fingerprint density at radius 1 is 1.43 bits per heavy atom. The molecule has 116 valence electrons. The van der Waals surface area contributed by atoms with Crippen LogP contribution in [0.5, 0.6) is 0 Å². The van der Waals surface area contributed by atoms with Gasteiger partial charge in [0.25, 0.3) is 5.91 Å². The van der Waals surface area contributed by atoms with Crippen molar-refractivity contribution in [2.24, 2.45) is 5.41 Å². The third kappa shape index (κ3) is 2.86. The third-order valence-electron chi connectivity index (χ3n) is 4.60. The molecule has 2 fully saturated rings. The maximum absolute atomic E-state index is 12.9. The van der Waals surface area contributed by atoms with Gasteiger partial charge >= 0.3 is 0 Å². The van der Waals surface area contributed by atoms with Crippen LogP contribution >= 0.6 is 11.3 Å². The molecule has 0 N–H and O–H groups in total. The summed E-state index contributed by atoms with van der Waals surface area (Å²) >= 11 is 1.47. The SMILES string of the molecule is CC(C)(C)c1ncsc1C(=O)N1CCC2(CCCOC2)C1. The summed E-state index contributed by atoms with van der Waals surface area (Å²) in [4.78, 5) is 20.1. The molecule has 1 aromatic rings. The van der Waals surface area contributed by atoms with E-state index in [-0.39, 0.29) is 16.7 Å². The van der Waals surface area contributed by atoms with E-state index in [2.05, 4.69) is 25.8 Å². The van der Waals surface area contributed by atoms with Crippen LogP contribution in [-0.4, -0.2) is 42.1 Å². The van der Waals surface area contributed by atoms with Crippen LogP contribution in [0.15, 0.2) is 5.51 Å². The first-order valence-corrected chi connectivity index (χ1v) is 8.60. The number of hydrogen-bond donors (Lipinski definition) is 0. The van der Waals surface area contributed by atoms with Crippen molar-refractivity contribution in [3.05, 3.63) is 16.1 Å². The predicted molar refractivity (Wildman–Crippen MR) is 83.8 cm³/mol. The van der Waals surface area contributed by atoms with Crippen LogP contribution in [0.4, 0.5) is 0 Å². The molecule has 21 heavy (non-hydrogen) atoms. The molecule has 0 aromatic carbocycles. The second kappa shape index (κ2) is 5.36. The fraction of sp³-hybridized carbons (Fsp3) is 0.750. The molecule has 0 saturated carbocycles. The molecule has 1 aromatic heterocycles. The molecule has 0 bridgehead atoms. The highest BCUT2D eigenvalue weighted by Gasteiger charge is 2.42. The third-order valence-corrected chi connectivity index (χ3v) is 5.42. The summed E-state index contributed by atoms with van der Waals surface area (Å²) in [6, 6.07) is 0. The minimum absolute atomic E-state index is 0.0870. The Kier molecular flexibility index (Phi) is 3.82. The lowest BCUT2D eigenvalue weighted by molar-refractivity contribution is -0.00158. The number of rotatable bonds is 1. The van der Waals surface area contributed by atoms with Crippen LogP contribution in [0.25, 0.3) is 0 Å². The second-order valence-corrected chi connectivity index (χ2v) is 8.27. The van der Waals surface area contributed by atoms with E-state index in [0.29, 0.717) is 0 Å². The first-order valence-electron chi connectivity index (χ1n) is 7.72. The van der Waals surface area contributed by atoms with Crippen molar-refractivity contribution >= 4 is 17.2 Å². The Labute approximate surface area is 130 Å². The molecule has 3 rings (SSSR count). The topological polar surface area (TPSA) is 42.4 Å². The summed E-state index contributed by atoms with van der Waals surface area (Å²) in [5.41, 5.74) is 2.85. The van der Waals surface area contributed by atoms with Gasteiger partial charge in [-0.3, -0.25) is 4.79 Å². The number of likely N-dealkylation sites (tertiary alicyclic amines) is 1. The molecule has 0 radical (unpaired) electrons. The Morgan fingerprint density at radius 3 is 2.90 bits per heavy atom. The molecule has 4 nitrogen and oxygen atoms in total. The fourth-order valence-corrected chi connectivity index (χ4v) is 4.38. The maximum Gasteiger partial charge on any atom is 0.265 e. The molecular weight excluding hydrogens is 284 g/mol. The molecule has 1 atom stereocenters. The number of aromatic nitrogens is 1. The van der Waals surface area contributed by atoms with Gasteiger partial charge in [-0.05, 0) is 19.3 Å². The highest BCUT2D eigenvalue weighted by Crippen LogP contribution is 2.39. The average molecular weight is 308 g/mol. The molecule has 1 unspecified atom stereocenters. The largest absolute Gasteiger partial charge is 0.381 e. The van der Waals surface area contributed by atoms with Crippen LogP contribution < -0.4 is 0 Å². The molecule has 1 spiro atoms. The number of ether oxygens (including phenoxy) is 1. The summed E-state index contributed by atoms with van der Waals surface area (Å²) in [7, 11) is 0. The smallest absolute Gasteiger partial charge is 0.265 e. The van der Waals surface area contributed by atoms with Crippen molar-refractivity contribution in [1.82, 2.24) is 9.88 Å². The van der Waals surface area contributed by atoms with E-state index in [0.717, 1.165) is 49.7 Å². The Morgan fingerprint density at radius 2 is 2.24 bits per heavy atom. The normalized spacial score (nSPS) is 26.5. The van der Waals surface area contributed by atoms with Gasteiger partial charge in [0.2, 0.25) is 0 Å². The predicted octanol–water partition coefficient (Wildman–Crippen LogP) is 3.08. The van der Waals surface area contributed by atoms with Crippen LogP contribution in [0.2, 0.25) is 0 Å². The van der Waals surface area contributed by atoms with Gasteiger partial charge in [0.1, 0.15) is 4.88 Å². The molecule has 3 heterocycles. The first kappa shape index (κ1) is 15.0. The Bertz CT molecular complexity index is 527. The molecule has 2 aliphatic heterocycles. The Balaban J connectivity index is 1.77. The van der Waals surface area contributed by atoms with Crippen molar-refractivity contribution in [2.75, 3.05) is 26.3 Å². The number of carbonyl (C=O) groups is 1. The molecule has 0 aliphatic carbocycles. The fourth-order valence-electron chi connectivity index (χ4n) is 3.42. The van der Waals surface area contributed by atoms with Gasteiger partial charge in [-0.15, -0.1) is 11.3 Å². The number of amides is 1. The van der Waals surface area contributed by atoms with Gasteiger partial charge in [-0.25, -0.2) is 4.98 Å². The summed E-state index contributed by atoms with van der Waals surface area (Å²) in [5, 5.41) is 0. The van der Waals surface area contributed by atoms with Gasteiger partial charge in [-0.2, -0.15) is 0 Å². The van der Waals surface area contributed by atoms with E-state index in [1.165, 1.54) is 17.8 Å². The maximum atomic E-state index is 12.9. The van der Waals surface area contributed by atoms with Crippen LogP contribution in [0.3, 0.4) is 0 Å². The standard InChI is InChI=1S/C16H24N2O2S/c1-15(2,3)13-12(21-11-17-13)14(19)18-7-6-16(9-18)5-4-8-20-10-16/h11H,4-10H2,1-3H3. The Hall–Kier alpha value is -0.940. The molecule has 5 heteroatoms. The van der Waals surface area contributed by atoms with E-state index < -0.39 is 0 Å². The summed E-state index contributed by atoms with van der Waals surface area (Å²) in [6.45, 7) is 9.71. The van der Waals surface area contributed by atoms with Crippen LogP contribution in [-0.2, 0) is 10.2 Å². The zero-order chi connectivity index (χ0) is 15.1. The lowest BCUT2D eigenvalue weighted by atomic mass is 9.82. The summed E-state index contributed by atoms with van der Waals surface area (Å²) in [5.74, 6) is 0.157. The van der Waals surface area contributed by atoms with Gasteiger partial charge in [0, 0.05) is 30.5 Å². The van der Waals surface area contributed by atoms with Crippen molar-refractivity contribution in [2.45, 2.75) is 45.4 Å². The monoisotopic (exact) mass is 308 g/mol. The van der Waals surface area contributed by atoms with Crippen molar-refractivity contribution in [3.8, 4) is 0 Å². The van der Waals surface area contributed by atoms with Gasteiger partial charge < -0.3 is 9.64 Å². The zero-order valence-corrected chi connectivity index (χ0v) is 14.0. The van der Waals surface area contributed by atoms with E-state index in [4.69, 9.17) is 4.74 Å². The second-order valence-electron chi connectivity index (χ2n) is 7.41. The minimum atomic E-state index is -0.0870. The summed E-state index contributed by atoms with van der Waals surface area (Å²) in [6.07, 6.45) is 3.38. The van der Waals surface area contributed by atoms with E-state index in [1.807, 2.05) is 4.90 Å². The summed E-state index contributed by atoms with van der Waals surface area (Å²) < 4.78 is 5.66. The highest BCUT2D eigenvalue weighted by atomic mass is 32.1. The van der Waals surface area contributed by atoms with E-state index in [9.17, 15) is 4.79 Å². The molecule has 2 saturated heterocycles. The van der Waals surface area contributed by atoms with Crippen molar-refractivity contribution < 1.29 is 9.53 Å². The molecule has 1 amide bonds. The van der Waals surface area contributed by atoms with Crippen molar-refractivity contribution in [1.29, 1.82) is 0 Å². The number of thiazole rings is 1. The lowest BCUT2D eigenvalue weighted by Gasteiger charge is -2.33. The minimum Gasteiger partial charge on any atom is -0.381 e. The van der Waals surface area contributed by atoms with E-state index in [1.54, 1.807) is 5.51 Å². The van der Waals surface area contributed by atoms with Gasteiger partial charge in [0.15, 0.2) is 0 Å². The molecule has 2 aliphatic rings. The van der Waals surface area contributed by atoms with E-state index >= 15 is 0 Å². The van der Waals surface area contributed by atoms with Crippen LogP contribution in [0, 0.1) is 5.41 Å². The average Bonchev–Trinajstić information content (AvgIpc) is 3.06. The number of nitrogens with zero attached hydrogens (tertiary/aromatic N) is 2. The number of hydrogen-bond acceptors (Lipinski definition) is 4. The van der Waals surface area contributed by atoms with Crippen molar-refractivity contribution in [3.63, 3.8) is 0 Å².